The normalized spacial score (nSPS) is 12.8. The third-order valence-corrected chi connectivity index (χ3v) is 4.12. The van der Waals surface area contributed by atoms with Crippen LogP contribution in [0.5, 0.6) is 0 Å². The number of rotatable bonds is 3. The molecule has 0 bridgehead atoms. The average Bonchev–Trinajstić information content (AvgIpc) is 2.83. The van der Waals surface area contributed by atoms with Gasteiger partial charge in [-0.2, -0.15) is 0 Å². The molecule has 0 amide bonds. The number of halogens is 3. The molecule has 5 heteroatoms. The van der Waals surface area contributed by atoms with Crippen LogP contribution in [0.2, 0.25) is 5.02 Å². The van der Waals surface area contributed by atoms with Crippen LogP contribution in [-0.4, -0.2) is 4.98 Å². The lowest BCUT2D eigenvalue weighted by atomic mass is 10.1. The monoisotopic (exact) mass is 353 g/mol. The Morgan fingerprint density at radius 2 is 2.00 bits per heavy atom. The molecule has 0 fully saturated rings. The number of para-hydroxylation sites is 2. The van der Waals surface area contributed by atoms with Crippen molar-refractivity contribution >= 4 is 38.6 Å². The predicted molar refractivity (Wildman–Crippen MR) is 80.8 cm³/mol. The van der Waals surface area contributed by atoms with E-state index in [1.54, 1.807) is 12.1 Å². The van der Waals surface area contributed by atoms with Gasteiger partial charge in [-0.1, -0.05) is 51.8 Å². The van der Waals surface area contributed by atoms with Crippen LogP contribution in [0, 0.1) is 5.82 Å². The Morgan fingerprint density at radius 1 is 1.20 bits per heavy atom. The highest BCUT2D eigenvalue weighted by Crippen LogP contribution is 2.32. The quantitative estimate of drug-likeness (QED) is 0.597. The van der Waals surface area contributed by atoms with E-state index in [9.17, 15) is 4.39 Å². The van der Waals surface area contributed by atoms with Crippen LogP contribution >= 0.6 is 27.5 Å². The van der Waals surface area contributed by atoms with Crippen LogP contribution in [0.15, 0.2) is 46.9 Å². The Hall–Kier alpha value is -1.39. The summed E-state index contributed by atoms with van der Waals surface area (Å²) in [7, 11) is 0. The van der Waals surface area contributed by atoms with Crippen LogP contribution in [0.1, 0.15) is 16.3 Å². The predicted octanol–water partition coefficient (Wildman–Crippen LogP) is 5.30. The van der Waals surface area contributed by atoms with Gasteiger partial charge in [0.15, 0.2) is 11.5 Å². The third-order valence-electron chi connectivity index (χ3n) is 3.01. The van der Waals surface area contributed by atoms with Crippen molar-refractivity contribution in [3.05, 3.63) is 64.8 Å². The fourth-order valence-corrected chi connectivity index (χ4v) is 2.85. The first-order chi connectivity index (χ1) is 9.65. The van der Waals surface area contributed by atoms with E-state index in [1.807, 2.05) is 24.3 Å². The van der Waals surface area contributed by atoms with Gasteiger partial charge in [-0.25, -0.2) is 9.37 Å². The number of hydrogen-bond acceptors (Lipinski definition) is 2. The second-order valence-electron chi connectivity index (χ2n) is 4.39. The maximum absolute atomic E-state index is 13.9. The molecule has 0 aliphatic heterocycles. The largest absolute Gasteiger partial charge is 0.441 e. The molecule has 1 atom stereocenters. The molecule has 1 aromatic heterocycles. The number of benzene rings is 2. The summed E-state index contributed by atoms with van der Waals surface area (Å²) in [5.41, 5.74) is 2.03. The maximum Gasteiger partial charge on any atom is 0.196 e. The zero-order valence-corrected chi connectivity index (χ0v) is 12.7. The van der Waals surface area contributed by atoms with E-state index in [1.165, 1.54) is 6.07 Å². The van der Waals surface area contributed by atoms with Crippen LogP contribution in [0.25, 0.3) is 11.1 Å². The van der Waals surface area contributed by atoms with Gasteiger partial charge in [0.25, 0.3) is 0 Å². The topological polar surface area (TPSA) is 26.0 Å². The minimum absolute atomic E-state index is 0.115. The van der Waals surface area contributed by atoms with Gasteiger partial charge in [0.2, 0.25) is 0 Å². The Kier molecular flexibility index (Phi) is 3.76. The van der Waals surface area contributed by atoms with E-state index >= 15 is 0 Å². The summed E-state index contributed by atoms with van der Waals surface area (Å²) in [5, 5.41) is 0.115. The summed E-state index contributed by atoms with van der Waals surface area (Å²) in [5.74, 6) is 0.152. The minimum Gasteiger partial charge on any atom is -0.441 e. The van der Waals surface area contributed by atoms with Crippen LogP contribution < -0.4 is 0 Å². The lowest BCUT2D eigenvalue weighted by molar-refractivity contribution is 0.522. The SMILES string of the molecule is Fc1c(Cl)cccc1C(Br)Cc1nc2ccccc2o1. The first-order valence-corrected chi connectivity index (χ1v) is 7.37. The summed E-state index contributed by atoms with van der Waals surface area (Å²) >= 11 is 9.26. The molecular weight excluding hydrogens is 345 g/mol. The molecule has 3 rings (SSSR count). The van der Waals surface area contributed by atoms with Gasteiger partial charge in [0.1, 0.15) is 11.3 Å². The van der Waals surface area contributed by atoms with Crippen molar-refractivity contribution in [2.75, 3.05) is 0 Å². The summed E-state index contributed by atoms with van der Waals surface area (Å²) in [6.07, 6.45) is 0.450. The van der Waals surface area contributed by atoms with Crippen LogP contribution in [-0.2, 0) is 6.42 Å². The van der Waals surface area contributed by atoms with E-state index in [-0.39, 0.29) is 9.85 Å². The lowest BCUT2D eigenvalue weighted by Crippen LogP contribution is -1.99. The molecule has 2 nitrogen and oxygen atoms in total. The minimum atomic E-state index is -0.410. The summed E-state index contributed by atoms with van der Waals surface area (Å²) in [4.78, 5) is 4.14. The van der Waals surface area contributed by atoms with Crippen LogP contribution in [0.4, 0.5) is 4.39 Å². The van der Waals surface area contributed by atoms with Crippen molar-refractivity contribution in [2.45, 2.75) is 11.2 Å². The van der Waals surface area contributed by atoms with Gasteiger partial charge < -0.3 is 4.42 Å². The molecule has 2 aromatic carbocycles. The highest BCUT2D eigenvalue weighted by atomic mass is 79.9. The second kappa shape index (κ2) is 5.54. The molecule has 102 valence electrons. The standard InChI is InChI=1S/C15H10BrClFNO/c16-10(9-4-3-5-11(17)15(9)18)8-14-19-12-6-1-2-7-13(12)20-14/h1-7,10H,8H2. The summed E-state index contributed by atoms with van der Waals surface area (Å²) < 4.78 is 19.6. The van der Waals surface area contributed by atoms with Crippen molar-refractivity contribution in [1.82, 2.24) is 4.98 Å². The van der Waals surface area contributed by atoms with Crippen molar-refractivity contribution in [3.8, 4) is 0 Å². The van der Waals surface area contributed by atoms with E-state index < -0.39 is 5.82 Å². The molecule has 0 saturated carbocycles. The second-order valence-corrected chi connectivity index (χ2v) is 5.90. The number of nitrogens with zero attached hydrogens (tertiary/aromatic N) is 1. The molecular formula is C15H10BrClFNO. The molecule has 0 radical (unpaired) electrons. The summed E-state index contributed by atoms with van der Waals surface area (Å²) in [6, 6.07) is 12.5. The zero-order chi connectivity index (χ0) is 14.1. The number of aromatic nitrogens is 1. The Labute approximate surface area is 128 Å². The van der Waals surface area contributed by atoms with Crippen molar-refractivity contribution in [2.24, 2.45) is 0 Å². The Balaban J connectivity index is 1.88. The van der Waals surface area contributed by atoms with Gasteiger partial charge in [-0.05, 0) is 18.2 Å². The van der Waals surface area contributed by atoms with Crippen molar-refractivity contribution < 1.29 is 8.81 Å². The van der Waals surface area contributed by atoms with E-state index in [2.05, 4.69) is 20.9 Å². The zero-order valence-electron chi connectivity index (χ0n) is 10.3. The molecule has 0 N–H and O–H groups in total. The highest BCUT2D eigenvalue weighted by molar-refractivity contribution is 9.09. The number of alkyl halides is 1. The van der Waals surface area contributed by atoms with Gasteiger partial charge in [0.05, 0.1) is 9.85 Å². The molecule has 1 heterocycles. The van der Waals surface area contributed by atoms with E-state index in [0.717, 1.165) is 11.1 Å². The highest BCUT2D eigenvalue weighted by Gasteiger charge is 2.18. The molecule has 1 unspecified atom stereocenters. The smallest absolute Gasteiger partial charge is 0.196 e. The van der Waals surface area contributed by atoms with Crippen LogP contribution in [0.3, 0.4) is 0 Å². The van der Waals surface area contributed by atoms with Gasteiger partial charge in [-0.15, -0.1) is 0 Å². The van der Waals surface area contributed by atoms with Gasteiger partial charge >= 0.3 is 0 Å². The lowest BCUT2D eigenvalue weighted by Gasteiger charge is -2.09. The fraction of sp³-hybridized carbons (Fsp3) is 0.133. The molecule has 0 saturated heterocycles. The number of oxazole rings is 1. The first-order valence-electron chi connectivity index (χ1n) is 6.07. The van der Waals surface area contributed by atoms with Gasteiger partial charge in [-0.3, -0.25) is 0 Å². The summed E-state index contributed by atoms with van der Waals surface area (Å²) in [6.45, 7) is 0. The Bertz CT molecular complexity index is 725. The third kappa shape index (κ3) is 2.58. The maximum atomic E-state index is 13.9. The average molecular weight is 355 g/mol. The molecule has 20 heavy (non-hydrogen) atoms. The fourth-order valence-electron chi connectivity index (χ4n) is 2.03. The molecule has 0 aliphatic carbocycles. The first kappa shape index (κ1) is 13.6. The van der Waals surface area contributed by atoms with Crippen molar-refractivity contribution in [3.63, 3.8) is 0 Å². The number of fused-ring (bicyclic) bond motifs is 1. The van der Waals surface area contributed by atoms with Crippen molar-refractivity contribution in [1.29, 1.82) is 0 Å². The number of hydrogen-bond donors (Lipinski definition) is 0. The Morgan fingerprint density at radius 3 is 2.80 bits per heavy atom. The molecule has 0 spiro atoms. The van der Waals surface area contributed by atoms with E-state index in [0.29, 0.717) is 17.9 Å². The molecule has 0 aliphatic rings. The van der Waals surface area contributed by atoms with E-state index in [4.69, 9.17) is 16.0 Å². The van der Waals surface area contributed by atoms with Gasteiger partial charge in [0, 0.05) is 12.0 Å². The molecule has 3 aromatic rings.